The number of hydrogen-bond acceptors (Lipinski definition) is 7. The minimum absolute atomic E-state index is 0.306. The zero-order valence-electron chi connectivity index (χ0n) is 13.2. The maximum atomic E-state index is 10.1. The number of hydrogen-bond donors (Lipinski definition) is 5. The van der Waals surface area contributed by atoms with E-state index in [1.165, 1.54) is 30.6 Å². The molecule has 2 rings (SSSR count). The third-order valence-electron chi connectivity index (χ3n) is 4.53. The normalized spacial score (nSPS) is 34.5. The molecule has 0 aromatic carbocycles. The average molecular weight is 315 g/mol. The molecule has 0 spiro atoms. The van der Waals surface area contributed by atoms with Gasteiger partial charge in [-0.2, -0.15) is 0 Å². The van der Waals surface area contributed by atoms with Crippen LogP contribution in [0.1, 0.15) is 45.4 Å². The zero-order valence-corrected chi connectivity index (χ0v) is 13.2. The predicted molar refractivity (Wildman–Crippen MR) is 83.3 cm³/mol. The van der Waals surface area contributed by atoms with Crippen molar-refractivity contribution in [2.45, 2.75) is 76.0 Å². The lowest BCUT2D eigenvalue weighted by Crippen LogP contribution is -2.67. The molecular formula is C15H29N3O4. The van der Waals surface area contributed by atoms with Crippen molar-refractivity contribution in [1.82, 2.24) is 10.2 Å². The number of nitrogens with one attached hydrogen (secondary N) is 1. The first-order valence-electron chi connectivity index (χ1n) is 8.36. The molecule has 0 aromatic heterocycles. The molecule has 2 aliphatic rings. The highest BCUT2D eigenvalue weighted by molar-refractivity contribution is 5.82. The van der Waals surface area contributed by atoms with Crippen molar-refractivity contribution < 1.29 is 20.4 Å². The number of rotatable bonds is 7. The average Bonchev–Trinajstić information content (AvgIpc) is 2.94. The minimum Gasteiger partial charge on any atom is -0.388 e. The SMILES string of the molecule is CCCCCCCCNC1=NC[C@@H]2[C@@H](O)[C@H](O)[C@@H](O)[C@@H](O)N12. The van der Waals surface area contributed by atoms with E-state index in [1.807, 2.05) is 0 Å². The lowest BCUT2D eigenvalue weighted by molar-refractivity contribution is -0.192. The van der Waals surface area contributed by atoms with Gasteiger partial charge < -0.3 is 30.6 Å². The third-order valence-corrected chi connectivity index (χ3v) is 4.53. The van der Waals surface area contributed by atoms with Crippen molar-refractivity contribution in [1.29, 1.82) is 0 Å². The highest BCUT2D eigenvalue weighted by Crippen LogP contribution is 2.27. The van der Waals surface area contributed by atoms with Crippen molar-refractivity contribution in [2.75, 3.05) is 13.1 Å². The van der Waals surface area contributed by atoms with E-state index in [2.05, 4.69) is 17.2 Å². The molecule has 0 aliphatic carbocycles. The number of nitrogens with zero attached hydrogens (tertiary/aromatic N) is 2. The van der Waals surface area contributed by atoms with Crippen LogP contribution in [-0.4, -0.2) is 75.0 Å². The summed E-state index contributed by atoms with van der Waals surface area (Å²) >= 11 is 0. The molecule has 22 heavy (non-hydrogen) atoms. The number of aliphatic hydroxyl groups excluding tert-OH is 4. The Labute approximate surface area is 131 Å². The first kappa shape index (κ1) is 17.5. The summed E-state index contributed by atoms with van der Waals surface area (Å²) < 4.78 is 0. The van der Waals surface area contributed by atoms with Crippen LogP contribution in [0.4, 0.5) is 0 Å². The van der Waals surface area contributed by atoms with E-state index in [0.717, 1.165) is 19.4 Å². The molecule has 0 bridgehead atoms. The van der Waals surface area contributed by atoms with Crippen molar-refractivity contribution >= 4 is 5.96 Å². The first-order chi connectivity index (χ1) is 10.6. The standard InChI is InChI=1S/C15H29N3O4/c1-2-3-4-5-6-7-8-16-15-17-9-10-11(19)12(20)13(21)14(22)18(10)15/h10-14,19-22H,2-9H2,1H3,(H,16,17)/t10-,11-,12+,13-,14-/m1/s1. The second kappa shape index (κ2) is 8.10. The van der Waals surface area contributed by atoms with Gasteiger partial charge in [-0.25, -0.2) is 0 Å². The molecule has 1 saturated heterocycles. The number of aliphatic hydroxyl groups is 4. The Balaban J connectivity index is 1.76. The monoisotopic (exact) mass is 315 g/mol. The highest BCUT2D eigenvalue weighted by atomic mass is 16.4. The van der Waals surface area contributed by atoms with E-state index in [4.69, 9.17) is 0 Å². The van der Waals surface area contributed by atoms with Gasteiger partial charge >= 0.3 is 0 Å². The van der Waals surface area contributed by atoms with Crippen LogP contribution in [-0.2, 0) is 0 Å². The fourth-order valence-electron chi connectivity index (χ4n) is 3.12. The Bertz CT molecular complexity index is 380. The number of piperidine rings is 1. The summed E-state index contributed by atoms with van der Waals surface area (Å²) in [5.41, 5.74) is 0. The predicted octanol–water partition coefficient (Wildman–Crippen LogP) is -0.609. The second-order valence-electron chi connectivity index (χ2n) is 6.22. The summed E-state index contributed by atoms with van der Waals surface area (Å²) in [6.07, 6.45) is 2.06. The summed E-state index contributed by atoms with van der Waals surface area (Å²) in [6, 6.07) is -0.486. The van der Waals surface area contributed by atoms with Crippen LogP contribution in [0.25, 0.3) is 0 Å². The van der Waals surface area contributed by atoms with Crippen LogP contribution in [0.2, 0.25) is 0 Å². The van der Waals surface area contributed by atoms with Crippen molar-refractivity contribution in [2.24, 2.45) is 4.99 Å². The van der Waals surface area contributed by atoms with E-state index < -0.39 is 30.6 Å². The molecule has 7 heteroatoms. The molecule has 1 fully saturated rings. The summed E-state index contributed by atoms with van der Waals surface area (Å²) in [5, 5.41) is 42.7. The highest BCUT2D eigenvalue weighted by Gasteiger charge is 2.50. The largest absolute Gasteiger partial charge is 0.388 e. The molecule has 0 radical (unpaired) electrons. The van der Waals surface area contributed by atoms with Crippen LogP contribution in [0, 0.1) is 0 Å². The lowest BCUT2D eigenvalue weighted by atomic mass is 9.93. The van der Waals surface area contributed by atoms with Gasteiger partial charge in [-0.3, -0.25) is 4.99 Å². The fourth-order valence-corrected chi connectivity index (χ4v) is 3.12. The number of aliphatic imine (C=N–C) groups is 1. The van der Waals surface area contributed by atoms with Crippen molar-refractivity contribution in [3.05, 3.63) is 0 Å². The molecule has 128 valence electrons. The molecule has 5 atom stereocenters. The Morgan fingerprint density at radius 3 is 2.41 bits per heavy atom. The van der Waals surface area contributed by atoms with Crippen LogP contribution < -0.4 is 5.32 Å². The zero-order chi connectivity index (χ0) is 16.1. The van der Waals surface area contributed by atoms with Gasteiger partial charge in [-0.1, -0.05) is 39.0 Å². The quantitative estimate of drug-likeness (QED) is 0.401. The summed E-state index contributed by atoms with van der Waals surface area (Å²) in [6.45, 7) is 3.25. The van der Waals surface area contributed by atoms with Crippen LogP contribution in [0.3, 0.4) is 0 Å². The third kappa shape index (κ3) is 3.71. The van der Waals surface area contributed by atoms with E-state index in [1.54, 1.807) is 0 Å². The maximum Gasteiger partial charge on any atom is 0.196 e. The van der Waals surface area contributed by atoms with Gasteiger partial charge in [-0.05, 0) is 6.42 Å². The second-order valence-corrected chi connectivity index (χ2v) is 6.22. The minimum atomic E-state index is -1.40. The number of guanidine groups is 1. The van der Waals surface area contributed by atoms with Gasteiger partial charge in [0.25, 0.3) is 0 Å². The molecule has 5 N–H and O–H groups in total. The van der Waals surface area contributed by atoms with Crippen molar-refractivity contribution in [3.8, 4) is 0 Å². The van der Waals surface area contributed by atoms with E-state index in [9.17, 15) is 20.4 Å². The summed E-state index contributed by atoms with van der Waals surface area (Å²) in [4.78, 5) is 5.77. The van der Waals surface area contributed by atoms with Gasteiger partial charge in [0.05, 0.1) is 12.6 Å². The Hall–Kier alpha value is -0.890. The lowest BCUT2D eigenvalue weighted by Gasteiger charge is -2.44. The Morgan fingerprint density at radius 1 is 1.00 bits per heavy atom. The molecule has 0 saturated carbocycles. The summed E-state index contributed by atoms with van der Waals surface area (Å²) in [5.74, 6) is 0.496. The van der Waals surface area contributed by atoms with E-state index >= 15 is 0 Å². The van der Waals surface area contributed by atoms with Gasteiger partial charge in [0, 0.05) is 6.54 Å². The van der Waals surface area contributed by atoms with Crippen LogP contribution in [0.15, 0.2) is 4.99 Å². The molecule has 0 aromatic rings. The van der Waals surface area contributed by atoms with Gasteiger partial charge in [0.1, 0.15) is 18.3 Å². The molecule has 2 heterocycles. The molecule has 7 nitrogen and oxygen atoms in total. The van der Waals surface area contributed by atoms with E-state index in [0.29, 0.717) is 12.5 Å². The topological polar surface area (TPSA) is 109 Å². The molecular weight excluding hydrogens is 286 g/mol. The maximum absolute atomic E-state index is 10.1. The summed E-state index contributed by atoms with van der Waals surface area (Å²) in [7, 11) is 0. The van der Waals surface area contributed by atoms with Crippen molar-refractivity contribution in [3.63, 3.8) is 0 Å². The van der Waals surface area contributed by atoms with E-state index in [-0.39, 0.29) is 0 Å². The van der Waals surface area contributed by atoms with Gasteiger partial charge in [0.2, 0.25) is 0 Å². The Morgan fingerprint density at radius 2 is 1.68 bits per heavy atom. The van der Waals surface area contributed by atoms with Gasteiger partial charge in [0.15, 0.2) is 12.2 Å². The van der Waals surface area contributed by atoms with Crippen LogP contribution in [0.5, 0.6) is 0 Å². The number of fused-ring (bicyclic) bond motifs is 1. The van der Waals surface area contributed by atoms with Crippen LogP contribution >= 0.6 is 0 Å². The molecule has 0 unspecified atom stereocenters. The number of unbranched alkanes of at least 4 members (excludes halogenated alkanes) is 5. The molecule has 0 amide bonds. The van der Waals surface area contributed by atoms with Gasteiger partial charge in [-0.15, -0.1) is 0 Å². The Kier molecular flexibility index (Phi) is 6.43. The molecule has 2 aliphatic heterocycles. The smallest absolute Gasteiger partial charge is 0.196 e. The first-order valence-corrected chi connectivity index (χ1v) is 8.36. The fraction of sp³-hybridized carbons (Fsp3) is 0.933.